The molecule has 2 rings (SSSR count). The Morgan fingerprint density at radius 3 is 2.27 bits per heavy atom. The summed E-state index contributed by atoms with van der Waals surface area (Å²) in [5.74, 6) is -2.06. The van der Waals surface area contributed by atoms with Gasteiger partial charge in [0.05, 0.1) is 49.8 Å². The molecule has 11 nitrogen and oxygen atoms in total. The number of nitrogens with one attached hydrogen (secondary N) is 1. The fourth-order valence-corrected chi connectivity index (χ4v) is 6.04. The van der Waals surface area contributed by atoms with Gasteiger partial charge in [-0.1, -0.05) is 70.2 Å². The van der Waals surface area contributed by atoms with Gasteiger partial charge >= 0.3 is 5.97 Å². The first-order chi connectivity index (χ1) is 21.3. The Hall–Kier alpha value is -3.28. The minimum absolute atomic E-state index is 0.00370. The van der Waals surface area contributed by atoms with Crippen molar-refractivity contribution in [3.05, 3.63) is 48.0 Å². The van der Waals surface area contributed by atoms with Gasteiger partial charge in [0.25, 0.3) is 0 Å². The standard InChI is InChI=1S/C34H54N4O7/c1-10-22(4)30(37(6)33(41)29(35)21(2)3)27(43-7)20-28(39)38-18-14-17-26(38)31(44-8)23(5)32(40)36-25(34(42)45-9)19-24-15-12-11-13-16-24/h11-13,15-16,21,23,25-27,29-31H,4,10,14,17-20,35H2,1-3,5-9H3,(H,36,40)/t23-,25+,26+,27-,29+,30+,31-/m1/s1. The average Bonchev–Trinajstić information content (AvgIpc) is 3.52. The molecule has 1 aromatic rings. The number of likely N-dealkylation sites (N-methyl/N-ethyl adjacent to an activating group) is 1. The number of likely N-dealkylation sites (tertiary alicyclic amines) is 1. The lowest BCUT2D eigenvalue weighted by atomic mass is 9.92. The monoisotopic (exact) mass is 630 g/mol. The second-order valence-electron chi connectivity index (χ2n) is 12.2. The molecule has 1 aliphatic heterocycles. The van der Waals surface area contributed by atoms with Crippen molar-refractivity contribution in [2.24, 2.45) is 17.6 Å². The Balaban J connectivity index is 2.22. The van der Waals surface area contributed by atoms with Gasteiger partial charge in [-0.25, -0.2) is 4.79 Å². The molecule has 1 saturated heterocycles. The Bertz CT molecular complexity index is 1140. The lowest BCUT2D eigenvalue weighted by Gasteiger charge is -2.38. The average molecular weight is 631 g/mol. The number of hydrogen-bond donors (Lipinski definition) is 2. The third kappa shape index (κ3) is 9.85. The van der Waals surface area contributed by atoms with Gasteiger partial charge in [-0.05, 0) is 30.7 Å². The summed E-state index contributed by atoms with van der Waals surface area (Å²) < 4.78 is 16.6. The van der Waals surface area contributed by atoms with E-state index in [-0.39, 0.29) is 42.5 Å². The zero-order chi connectivity index (χ0) is 33.8. The van der Waals surface area contributed by atoms with E-state index in [1.165, 1.54) is 21.3 Å². The van der Waals surface area contributed by atoms with Crippen LogP contribution in [0.3, 0.4) is 0 Å². The highest BCUT2D eigenvalue weighted by molar-refractivity contribution is 5.86. The summed E-state index contributed by atoms with van der Waals surface area (Å²) in [4.78, 5) is 56.4. The number of carbonyl (C=O) groups excluding carboxylic acids is 4. The van der Waals surface area contributed by atoms with Crippen LogP contribution in [0.4, 0.5) is 0 Å². The Morgan fingerprint density at radius 1 is 1.09 bits per heavy atom. The van der Waals surface area contributed by atoms with E-state index in [0.29, 0.717) is 19.4 Å². The molecule has 1 heterocycles. The van der Waals surface area contributed by atoms with Crippen molar-refractivity contribution in [2.75, 3.05) is 34.9 Å². The molecule has 3 N–H and O–H groups in total. The normalized spacial score (nSPS) is 18.8. The van der Waals surface area contributed by atoms with Crippen molar-refractivity contribution in [1.82, 2.24) is 15.1 Å². The topological polar surface area (TPSA) is 141 Å². The highest BCUT2D eigenvalue weighted by Gasteiger charge is 2.42. The number of nitrogens with zero attached hydrogens (tertiary/aromatic N) is 2. The number of nitrogens with two attached hydrogens (primary N) is 1. The van der Waals surface area contributed by atoms with Crippen LogP contribution in [0.5, 0.6) is 0 Å². The first-order valence-electron chi connectivity index (χ1n) is 15.8. The molecule has 1 aromatic carbocycles. The van der Waals surface area contributed by atoms with Crippen LogP contribution in [0.1, 0.15) is 58.9 Å². The van der Waals surface area contributed by atoms with Crippen LogP contribution >= 0.6 is 0 Å². The quantitative estimate of drug-likeness (QED) is 0.198. The van der Waals surface area contributed by atoms with Crippen LogP contribution in [-0.4, -0.2) is 105 Å². The van der Waals surface area contributed by atoms with Crippen LogP contribution in [-0.2, 0) is 39.8 Å². The maximum atomic E-state index is 13.9. The summed E-state index contributed by atoms with van der Waals surface area (Å²) in [5.41, 5.74) is 7.83. The minimum Gasteiger partial charge on any atom is -0.467 e. The smallest absolute Gasteiger partial charge is 0.328 e. The number of amides is 3. The van der Waals surface area contributed by atoms with E-state index in [1.54, 1.807) is 23.8 Å². The highest BCUT2D eigenvalue weighted by Crippen LogP contribution is 2.29. The fourth-order valence-electron chi connectivity index (χ4n) is 6.04. The lowest BCUT2D eigenvalue weighted by molar-refractivity contribution is -0.147. The van der Waals surface area contributed by atoms with Crippen LogP contribution in [0.2, 0.25) is 0 Å². The molecule has 7 atom stereocenters. The molecule has 252 valence electrons. The maximum Gasteiger partial charge on any atom is 0.328 e. The van der Waals surface area contributed by atoms with E-state index in [4.69, 9.17) is 19.9 Å². The zero-order valence-electron chi connectivity index (χ0n) is 28.3. The Labute approximate surface area is 268 Å². The molecule has 0 aliphatic carbocycles. The fraction of sp³-hybridized carbons (Fsp3) is 0.647. The molecule has 0 spiro atoms. The number of rotatable bonds is 17. The van der Waals surface area contributed by atoms with E-state index in [2.05, 4.69) is 11.9 Å². The van der Waals surface area contributed by atoms with Crippen LogP contribution < -0.4 is 11.1 Å². The number of esters is 1. The molecule has 11 heteroatoms. The number of hydrogen-bond acceptors (Lipinski definition) is 8. The van der Waals surface area contributed by atoms with Crippen molar-refractivity contribution >= 4 is 23.7 Å². The second kappa shape index (κ2) is 18.0. The number of ether oxygens (including phenoxy) is 3. The van der Waals surface area contributed by atoms with Crippen molar-refractivity contribution in [1.29, 1.82) is 0 Å². The molecular formula is C34H54N4O7. The number of carbonyl (C=O) groups is 4. The predicted molar refractivity (Wildman–Crippen MR) is 173 cm³/mol. The molecule has 45 heavy (non-hydrogen) atoms. The molecule has 0 bridgehead atoms. The van der Waals surface area contributed by atoms with E-state index in [1.807, 2.05) is 51.1 Å². The van der Waals surface area contributed by atoms with E-state index < -0.39 is 42.2 Å². The third-order valence-electron chi connectivity index (χ3n) is 8.93. The summed E-state index contributed by atoms with van der Waals surface area (Å²) in [6, 6.07) is 6.89. The summed E-state index contributed by atoms with van der Waals surface area (Å²) >= 11 is 0. The lowest BCUT2D eigenvalue weighted by Crippen LogP contribution is -2.55. The maximum absolute atomic E-state index is 13.9. The van der Waals surface area contributed by atoms with E-state index >= 15 is 0 Å². The zero-order valence-corrected chi connectivity index (χ0v) is 28.3. The summed E-state index contributed by atoms with van der Waals surface area (Å²) in [6.07, 6.45) is 0.990. The van der Waals surface area contributed by atoms with Crippen LogP contribution in [0.15, 0.2) is 42.5 Å². The summed E-state index contributed by atoms with van der Waals surface area (Å²) in [6.45, 7) is 12.1. The molecule has 1 fully saturated rings. The molecule has 0 radical (unpaired) electrons. The van der Waals surface area contributed by atoms with Gasteiger partial charge in [-0.3, -0.25) is 14.4 Å². The van der Waals surface area contributed by atoms with Gasteiger partial charge < -0.3 is 35.1 Å². The van der Waals surface area contributed by atoms with Gasteiger partial charge in [0.1, 0.15) is 6.04 Å². The van der Waals surface area contributed by atoms with Crippen molar-refractivity contribution < 1.29 is 33.4 Å². The van der Waals surface area contributed by atoms with Gasteiger partial charge in [0.2, 0.25) is 17.7 Å². The molecule has 3 amide bonds. The Morgan fingerprint density at radius 2 is 1.73 bits per heavy atom. The first kappa shape index (κ1) is 37.9. The van der Waals surface area contributed by atoms with Gasteiger partial charge in [0.15, 0.2) is 0 Å². The van der Waals surface area contributed by atoms with E-state index in [9.17, 15) is 19.2 Å². The third-order valence-corrected chi connectivity index (χ3v) is 8.93. The predicted octanol–water partition coefficient (Wildman–Crippen LogP) is 2.71. The van der Waals surface area contributed by atoms with Crippen molar-refractivity contribution in [3.63, 3.8) is 0 Å². The number of methoxy groups -OCH3 is 3. The minimum atomic E-state index is -0.874. The van der Waals surface area contributed by atoms with Crippen molar-refractivity contribution in [3.8, 4) is 0 Å². The van der Waals surface area contributed by atoms with Crippen LogP contribution in [0.25, 0.3) is 0 Å². The molecule has 1 aliphatic rings. The first-order valence-corrected chi connectivity index (χ1v) is 15.8. The highest BCUT2D eigenvalue weighted by atomic mass is 16.5. The summed E-state index contributed by atoms with van der Waals surface area (Å²) in [5, 5.41) is 2.84. The SMILES string of the molecule is C=C(CC)[C@@H]([C@@H](CC(=O)N1CCC[C@H]1[C@H](OC)[C@@H](C)C(=O)N[C@@H](Cc1ccccc1)C(=O)OC)OC)N(C)C(=O)[C@@H](N)C(C)C. The molecule has 0 saturated carbocycles. The Kier molecular flexibility index (Phi) is 15.2. The van der Waals surface area contributed by atoms with Gasteiger partial charge in [-0.15, -0.1) is 0 Å². The number of benzene rings is 1. The second-order valence-corrected chi connectivity index (χ2v) is 12.2. The largest absolute Gasteiger partial charge is 0.467 e. The molecular weight excluding hydrogens is 576 g/mol. The van der Waals surface area contributed by atoms with Crippen molar-refractivity contribution in [2.45, 2.75) is 96.2 Å². The van der Waals surface area contributed by atoms with E-state index in [0.717, 1.165) is 17.6 Å². The van der Waals surface area contributed by atoms with Gasteiger partial charge in [0, 0.05) is 34.2 Å². The van der Waals surface area contributed by atoms with Crippen LogP contribution in [0, 0.1) is 11.8 Å². The molecule has 0 aromatic heterocycles. The summed E-state index contributed by atoms with van der Waals surface area (Å²) in [7, 11) is 6.00. The molecule has 0 unspecified atom stereocenters. The van der Waals surface area contributed by atoms with Gasteiger partial charge in [-0.2, -0.15) is 0 Å².